The van der Waals surface area contributed by atoms with Crippen molar-refractivity contribution in [2.75, 3.05) is 0 Å². The molecule has 0 aliphatic heterocycles. The summed E-state index contributed by atoms with van der Waals surface area (Å²) in [6, 6.07) is 20.8. The molecule has 134 valence electrons. The number of rotatable bonds is 5. The van der Waals surface area contributed by atoms with Gasteiger partial charge in [-0.25, -0.2) is 9.48 Å². The maximum Gasteiger partial charge on any atom is 0.348 e. The molecule has 0 saturated carbocycles. The molecular formula is C21H15ClN2O2S. The highest BCUT2D eigenvalue weighted by Crippen LogP contribution is 2.26. The average Bonchev–Trinajstić information content (AvgIpc) is 3.38. The number of benzene rings is 2. The highest BCUT2D eigenvalue weighted by atomic mass is 35.5. The fraction of sp³-hybridized carbons (Fsp3) is 0.0476. The van der Waals surface area contributed by atoms with Gasteiger partial charge in [0.25, 0.3) is 0 Å². The molecule has 0 atom stereocenters. The van der Waals surface area contributed by atoms with Gasteiger partial charge >= 0.3 is 5.97 Å². The number of nitrogens with zero attached hydrogens (tertiary/aromatic N) is 2. The fourth-order valence-electron chi connectivity index (χ4n) is 2.69. The number of para-hydroxylation sites is 1. The third kappa shape index (κ3) is 3.94. The molecule has 0 amide bonds. The molecule has 0 unspecified atom stereocenters. The molecule has 0 bridgehead atoms. The van der Waals surface area contributed by atoms with Crippen molar-refractivity contribution in [3.05, 3.63) is 93.8 Å². The second-order valence-electron chi connectivity index (χ2n) is 5.84. The zero-order chi connectivity index (χ0) is 18.6. The van der Waals surface area contributed by atoms with Gasteiger partial charge < -0.3 is 4.74 Å². The van der Waals surface area contributed by atoms with Crippen LogP contribution in [-0.4, -0.2) is 15.7 Å². The number of carbonyl (C=O) groups is 1. The van der Waals surface area contributed by atoms with Crippen molar-refractivity contribution in [3.8, 4) is 16.9 Å². The van der Waals surface area contributed by atoms with Gasteiger partial charge in [-0.3, -0.25) is 0 Å². The second kappa shape index (κ2) is 7.78. The highest BCUT2D eigenvalue weighted by molar-refractivity contribution is 7.11. The van der Waals surface area contributed by atoms with Crippen molar-refractivity contribution in [3.63, 3.8) is 0 Å². The molecule has 0 aliphatic rings. The molecule has 0 N–H and O–H groups in total. The number of carbonyl (C=O) groups excluding carboxylic acids is 1. The number of halogens is 1. The van der Waals surface area contributed by atoms with Crippen LogP contribution in [0.15, 0.2) is 78.3 Å². The standard InChI is InChI=1S/C21H15ClN2O2S/c22-17-10-8-15(9-11-17)20-16(14-26-21(25)19-7-4-12-27-19)13-24(23-20)18-5-2-1-3-6-18/h1-13H,14H2. The molecule has 0 saturated heterocycles. The molecule has 27 heavy (non-hydrogen) atoms. The minimum Gasteiger partial charge on any atom is -0.456 e. The van der Waals surface area contributed by atoms with Crippen LogP contribution in [0, 0.1) is 0 Å². The van der Waals surface area contributed by atoms with Gasteiger partial charge in [0, 0.05) is 22.3 Å². The molecule has 2 heterocycles. The summed E-state index contributed by atoms with van der Waals surface area (Å²) in [7, 11) is 0. The molecule has 0 radical (unpaired) electrons. The van der Waals surface area contributed by atoms with Crippen LogP contribution in [0.1, 0.15) is 15.2 Å². The summed E-state index contributed by atoms with van der Waals surface area (Å²) in [6.45, 7) is 0.140. The first-order valence-electron chi connectivity index (χ1n) is 8.31. The summed E-state index contributed by atoms with van der Waals surface area (Å²) in [5.74, 6) is -0.334. The van der Waals surface area contributed by atoms with E-state index in [1.807, 2.05) is 72.2 Å². The first-order chi connectivity index (χ1) is 13.2. The van der Waals surface area contributed by atoms with Gasteiger partial charge in [0.15, 0.2) is 0 Å². The Bertz CT molecular complexity index is 1040. The van der Waals surface area contributed by atoms with E-state index in [2.05, 4.69) is 0 Å². The van der Waals surface area contributed by atoms with Gasteiger partial charge in [0.05, 0.1) is 11.4 Å². The van der Waals surface area contributed by atoms with Crippen LogP contribution in [0.3, 0.4) is 0 Å². The largest absolute Gasteiger partial charge is 0.456 e. The molecular weight excluding hydrogens is 380 g/mol. The second-order valence-corrected chi connectivity index (χ2v) is 7.23. The lowest BCUT2D eigenvalue weighted by molar-refractivity contribution is 0.0479. The van der Waals surface area contributed by atoms with Crippen molar-refractivity contribution in [1.82, 2.24) is 9.78 Å². The van der Waals surface area contributed by atoms with Crippen molar-refractivity contribution in [1.29, 1.82) is 0 Å². The number of hydrogen-bond donors (Lipinski definition) is 0. The Labute approximate surface area is 165 Å². The van der Waals surface area contributed by atoms with E-state index in [9.17, 15) is 4.79 Å². The topological polar surface area (TPSA) is 44.1 Å². The van der Waals surface area contributed by atoms with Gasteiger partial charge in [-0.05, 0) is 35.7 Å². The van der Waals surface area contributed by atoms with Crippen LogP contribution < -0.4 is 0 Å². The molecule has 4 nitrogen and oxygen atoms in total. The van der Waals surface area contributed by atoms with Crippen LogP contribution in [0.5, 0.6) is 0 Å². The highest BCUT2D eigenvalue weighted by Gasteiger charge is 2.15. The maximum atomic E-state index is 12.2. The zero-order valence-corrected chi connectivity index (χ0v) is 15.8. The molecule has 4 aromatic rings. The monoisotopic (exact) mass is 394 g/mol. The van der Waals surface area contributed by atoms with E-state index in [0.717, 1.165) is 22.5 Å². The third-order valence-electron chi connectivity index (χ3n) is 4.01. The first-order valence-corrected chi connectivity index (χ1v) is 9.57. The van der Waals surface area contributed by atoms with Crippen LogP contribution in [0.25, 0.3) is 16.9 Å². The lowest BCUT2D eigenvalue weighted by atomic mass is 10.1. The summed E-state index contributed by atoms with van der Waals surface area (Å²) in [6.07, 6.45) is 1.89. The summed E-state index contributed by atoms with van der Waals surface area (Å²) >= 11 is 7.37. The molecule has 4 rings (SSSR count). The van der Waals surface area contributed by atoms with E-state index in [1.165, 1.54) is 11.3 Å². The minimum absolute atomic E-state index is 0.140. The van der Waals surface area contributed by atoms with Gasteiger partial charge in [0.1, 0.15) is 11.5 Å². The third-order valence-corrected chi connectivity index (χ3v) is 5.11. The molecule has 6 heteroatoms. The van der Waals surface area contributed by atoms with Gasteiger partial charge in [-0.2, -0.15) is 5.10 Å². The molecule has 0 fully saturated rings. The summed E-state index contributed by atoms with van der Waals surface area (Å²) < 4.78 is 7.29. The number of aromatic nitrogens is 2. The summed E-state index contributed by atoms with van der Waals surface area (Å²) in [5, 5.41) is 7.22. The van der Waals surface area contributed by atoms with Gasteiger partial charge in [-0.15, -0.1) is 11.3 Å². The van der Waals surface area contributed by atoms with Crippen LogP contribution >= 0.6 is 22.9 Å². The Hall–Kier alpha value is -2.89. The van der Waals surface area contributed by atoms with Gasteiger partial charge in [0.2, 0.25) is 0 Å². The lowest BCUT2D eigenvalue weighted by Gasteiger charge is -2.04. The van der Waals surface area contributed by atoms with Crippen molar-refractivity contribution in [2.24, 2.45) is 0 Å². The fourth-order valence-corrected chi connectivity index (χ4v) is 3.43. The molecule has 2 aromatic heterocycles. The predicted octanol–water partition coefficient (Wildman–Crippen LogP) is 5.61. The van der Waals surface area contributed by atoms with E-state index in [4.69, 9.17) is 21.4 Å². The van der Waals surface area contributed by atoms with E-state index >= 15 is 0 Å². The van der Waals surface area contributed by atoms with Crippen molar-refractivity contribution < 1.29 is 9.53 Å². The number of esters is 1. The average molecular weight is 395 g/mol. The zero-order valence-electron chi connectivity index (χ0n) is 14.2. The molecule has 0 aliphatic carbocycles. The van der Waals surface area contributed by atoms with Gasteiger partial charge in [-0.1, -0.05) is 48.0 Å². The number of ether oxygens (including phenoxy) is 1. The maximum absolute atomic E-state index is 12.2. The number of thiophene rings is 1. The Balaban J connectivity index is 1.66. The summed E-state index contributed by atoms with van der Waals surface area (Å²) in [5.41, 5.74) is 3.43. The molecule has 2 aromatic carbocycles. The molecule has 0 spiro atoms. The van der Waals surface area contributed by atoms with Crippen molar-refractivity contribution >= 4 is 28.9 Å². The quantitative estimate of drug-likeness (QED) is 0.413. The van der Waals surface area contributed by atoms with Crippen LogP contribution in [-0.2, 0) is 11.3 Å². The van der Waals surface area contributed by atoms with E-state index in [-0.39, 0.29) is 12.6 Å². The van der Waals surface area contributed by atoms with E-state index in [1.54, 1.807) is 10.7 Å². The lowest BCUT2D eigenvalue weighted by Crippen LogP contribution is -2.03. The first kappa shape index (κ1) is 17.5. The predicted molar refractivity (Wildman–Crippen MR) is 107 cm³/mol. The Morgan fingerprint density at radius 3 is 2.52 bits per heavy atom. The normalized spacial score (nSPS) is 10.7. The SMILES string of the molecule is O=C(OCc1cn(-c2ccccc2)nc1-c1ccc(Cl)cc1)c1cccs1. The van der Waals surface area contributed by atoms with E-state index < -0.39 is 0 Å². The summed E-state index contributed by atoms with van der Waals surface area (Å²) in [4.78, 5) is 12.8. The minimum atomic E-state index is -0.334. The number of hydrogen-bond acceptors (Lipinski definition) is 4. The van der Waals surface area contributed by atoms with Crippen molar-refractivity contribution in [2.45, 2.75) is 6.61 Å². The Morgan fingerprint density at radius 1 is 1.04 bits per heavy atom. The van der Waals surface area contributed by atoms with Crippen LogP contribution in [0.2, 0.25) is 5.02 Å². The smallest absolute Gasteiger partial charge is 0.348 e. The Morgan fingerprint density at radius 2 is 1.81 bits per heavy atom. The van der Waals surface area contributed by atoms with Crippen LogP contribution in [0.4, 0.5) is 0 Å². The van der Waals surface area contributed by atoms with E-state index in [0.29, 0.717) is 9.90 Å². The Kier molecular flexibility index (Phi) is 5.05.